The van der Waals surface area contributed by atoms with Crippen molar-refractivity contribution in [3.63, 3.8) is 0 Å². The topological polar surface area (TPSA) is 46.5 Å². The van der Waals surface area contributed by atoms with Crippen molar-refractivity contribution in [3.8, 4) is 11.5 Å². The molecule has 0 atom stereocenters. The third kappa shape index (κ3) is 3.26. The lowest BCUT2D eigenvalue weighted by Gasteiger charge is -2.07. The first kappa shape index (κ1) is 13.4. The van der Waals surface area contributed by atoms with E-state index in [0.29, 0.717) is 5.75 Å². The Morgan fingerprint density at radius 1 is 1.21 bits per heavy atom. The van der Waals surface area contributed by atoms with Crippen LogP contribution >= 0.6 is 11.8 Å². The zero-order valence-corrected chi connectivity index (χ0v) is 10.9. The van der Waals surface area contributed by atoms with Crippen molar-refractivity contribution in [1.29, 1.82) is 0 Å². The first-order chi connectivity index (χ1) is 9.10. The number of carbonyl (C=O) groups is 1. The molecular formula is C14H11FO3S. The quantitative estimate of drug-likeness (QED) is 0.857. The summed E-state index contributed by atoms with van der Waals surface area (Å²) in [4.78, 5) is 11.8. The maximum atomic E-state index is 13.6. The Hall–Kier alpha value is -2.01. The third-order valence-corrected chi connectivity index (χ3v) is 3.21. The lowest BCUT2D eigenvalue weighted by Crippen LogP contribution is -1.98. The van der Waals surface area contributed by atoms with Gasteiger partial charge in [-0.05, 0) is 48.7 Å². The van der Waals surface area contributed by atoms with E-state index in [1.54, 1.807) is 23.9 Å². The van der Waals surface area contributed by atoms with Crippen molar-refractivity contribution in [3.05, 3.63) is 53.8 Å². The molecule has 2 aromatic carbocycles. The van der Waals surface area contributed by atoms with Crippen LogP contribution in [0, 0.1) is 5.82 Å². The fourth-order valence-corrected chi connectivity index (χ4v) is 1.90. The number of aromatic carboxylic acids is 1. The van der Waals surface area contributed by atoms with Crippen molar-refractivity contribution < 1.29 is 19.0 Å². The molecule has 3 nitrogen and oxygen atoms in total. The molecule has 0 saturated carbocycles. The fraction of sp³-hybridized carbons (Fsp3) is 0.0714. The van der Waals surface area contributed by atoms with E-state index in [9.17, 15) is 9.18 Å². The molecule has 0 aliphatic heterocycles. The minimum atomic E-state index is -1.17. The van der Waals surface area contributed by atoms with Crippen molar-refractivity contribution >= 4 is 17.7 Å². The lowest BCUT2D eigenvalue weighted by molar-refractivity contribution is 0.0696. The Kier molecular flexibility index (Phi) is 4.06. The number of ether oxygens (including phenoxy) is 1. The van der Waals surface area contributed by atoms with Gasteiger partial charge in [0.2, 0.25) is 0 Å². The SMILES string of the molecule is CSc1ccc(Oc2ccc(C(=O)O)cc2F)cc1. The number of hydrogen-bond donors (Lipinski definition) is 1. The molecule has 2 aromatic rings. The molecule has 0 bridgehead atoms. The average molecular weight is 278 g/mol. The van der Waals surface area contributed by atoms with Gasteiger partial charge in [0.1, 0.15) is 5.75 Å². The second-order valence-electron chi connectivity index (χ2n) is 3.73. The Balaban J connectivity index is 2.20. The van der Waals surface area contributed by atoms with Crippen LogP contribution in [0.15, 0.2) is 47.4 Å². The minimum absolute atomic E-state index is 0.00176. The summed E-state index contributed by atoms with van der Waals surface area (Å²) in [6.45, 7) is 0. The second-order valence-corrected chi connectivity index (χ2v) is 4.61. The second kappa shape index (κ2) is 5.75. The highest BCUT2D eigenvalue weighted by atomic mass is 32.2. The van der Waals surface area contributed by atoms with Crippen molar-refractivity contribution in [1.82, 2.24) is 0 Å². The predicted octanol–water partition coefficient (Wildman–Crippen LogP) is 4.04. The van der Waals surface area contributed by atoms with Crippen LogP contribution in [0.3, 0.4) is 0 Å². The van der Waals surface area contributed by atoms with Crippen LogP contribution in [0.5, 0.6) is 11.5 Å². The highest BCUT2D eigenvalue weighted by Crippen LogP contribution is 2.26. The Morgan fingerprint density at radius 3 is 2.42 bits per heavy atom. The Labute approximate surface area is 114 Å². The Bertz CT molecular complexity index is 596. The van der Waals surface area contributed by atoms with Gasteiger partial charge in [-0.2, -0.15) is 0 Å². The molecule has 0 aromatic heterocycles. The molecule has 1 N–H and O–H groups in total. The van der Waals surface area contributed by atoms with Crippen LogP contribution in [0.1, 0.15) is 10.4 Å². The van der Waals surface area contributed by atoms with Gasteiger partial charge in [-0.25, -0.2) is 9.18 Å². The van der Waals surface area contributed by atoms with Crippen molar-refractivity contribution in [2.24, 2.45) is 0 Å². The van der Waals surface area contributed by atoms with Gasteiger partial charge in [-0.3, -0.25) is 0 Å². The van der Waals surface area contributed by atoms with E-state index >= 15 is 0 Å². The minimum Gasteiger partial charge on any atom is -0.478 e. The van der Waals surface area contributed by atoms with Gasteiger partial charge >= 0.3 is 5.97 Å². The largest absolute Gasteiger partial charge is 0.478 e. The first-order valence-electron chi connectivity index (χ1n) is 5.45. The summed E-state index contributed by atoms with van der Waals surface area (Å²) in [5, 5.41) is 8.74. The number of rotatable bonds is 4. The standard InChI is InChI=1S/C14H11FO3S/c1-19-11-5-3-10(4-6-11)18-13-7-2-9(14(16)17)8-12(13)15/h2-8H,1H3,(H,16,17). The van der Waals surface area contributed by atoms with E-state index in [1.807, 2.05) is 18.4 Å². The molecule has 0 amide bonds. The number of halogens is 1. The molecule has 0 fully saturated rings. The maximum Gasteiger partial charge on any atom is 0.335 e. The van der Waals surface area contributed by atoms with Gasteiger partial charge in [-0.15, -0.1) is 11.8 Å². The summed E-state index contributed by atoms with van der Waals surface area (Å²) < 4.78 is 19.0. The highest BCUT2D eigenvalue weighted by molar-refractivity contribution is 7.98. The number of thioether (sulfide) groups is 1. The fourth-order valence-electron chi connectivity index (χ4n) is 1.49. The molecule has 0 radical (unpaired) electrons. The number of benzene rings is 2. The molecule has 0 unspecified atom stereocenters. The summed E-state index contributed by atoms with van der Waals surface area (Å²) in [7, 11) is 0. The van der Waals surface area contributed by atoms with Crippen molar-refractivity contribution in [2.45, 2.75) is 4.90 Å². The summed E-state index contributed by atoms with van der Waals surface area (Å²) >= 11 is 1.60. The first-order valence-corrected chi connectivity index (χ1v) is 6.67. The van der Waals surface area contributed by atoms with Gasteiger partial charge in [0, 0.05) is 4.90 Å². The van der Waals surface area contributed by atoms with E-state index in [4.69, 9.17) is 9.84 Å². The summed E-state index contributed by atoms with van der Waals surface area (Å²) in [5.74, 6) is -1.37. The van der Waals surface area contributed by atoms with Crippen LogP contribution in [-0.4, -0.2) is 17.3 Å². The van der Waals surface area contributed by atoms with Gasteiger partial charge in [0.25, 0.3) is 0 Å². The van der Waals surface area contributed by atoms with Crippen LogP contribution < -0.4 is 4.74 Å². The van der Waals surface area contributed by atoms with E-state index in [0.717, 1.165) is 11.0 Å². The molecule has 0 aliphatic rings. The molecule has 0 aliphatic carbocycles. The zero-order valence-electron chi connectivity index (χ0n) is 10.1. The molecule has 0 heterocycles. The number of carboxylic acids is 1. The molecular weight excluding hydrogens is 267 g/mol. The van der Waals surface area contributed by atoms with Gasteiger partial charge in [-0.1, -0.05) is 0 Å². The van der Waals surface area contributed by atoms with Crippen LogP contribution in [-0.2, 0) is 0 Å². The van der Waals surface area contributed by atoms with E-state index in [-0.39, 0.29) is 11.3 Å². The van der Waals surface area contributed by atoms with Crippen LogP contribution in [0.2, 0.25) is 0 Å². The lowest BCUT2D eigenvalue weighted by atomic mass is 10.2. The molecule has 98 valence electrons. The normalized spacial score (nSPS) is 10.2. The third-order valence-electron chi connectivity index (χ3n) is 2.47. The summed E-state index contributed by atoms with van der Waals surface area (Å²) in [6.07, 6.45) is 1.96. The van der Waals surface area contributed by atoms with Gasteiger partial charge in [0.15, 0.2) is 11.6 Å². The number of carboxylic acid groups (broad SMARTS) is 1. The van der Waals surface area contributed by atoms with Crippen molar-refractivity contribution in [2.75, 3.05) is 6.26 Å². The smallest absolute Gasteiger partial charge is 0.335 e. The Morgan fingerprint density at radius 2 is 1.89 bits per heavy atom. The molecule has 5 heteroatoms. The summed E-state index contributed by atoms with van der Waals surface area (Å²) in [6, 6.07) is 10.7. The monoisotopic (exact) mass is 278 g/mol. The molecule has 19 heavy (non-hydrogen) atoms. The zero-order chi connectivity index (χ0) is 13.8. The van der Waals surface area contributed by atoms with Gasteiger partial charge in [0.05, 0.1) is 5.56 Å². The van der Waals surface area contributed by atoms with E-state index in [2.05, 4.69) is 0 Å². The molecule has 0 spiro atoms. The summed E-state index contributed by atoms with van der Waals surface area (Å²) in [5.41, 5.74) is -0.109. The molecule has 0 saturated heterocycles. The van der Waals surface area contributed by atoms with E-state index < -0.39 is 11.8 Å². The van der Waals surface area contributed by atoms with Gasteiger partial charge < -0.3 is 9.84 Å². The highest BCUT2D eigenvalue weighted by Gasteiger charge is 2.09. The average Bonchev–Trinajstić information content (AvgIpc) is 2.41. The predicted molar refractivity (Wildman–Crippen MR) is 71.7 cm³/mol. The molecule has 2 rings (SSSR count). The number of hydrogen-bond acceptors (Lipinski definition) is 3. The maximum absolute atomic E-state index is 13.6. The van der Waals surface area contributed by atoms with Crippen LogP contribution in [0.4, 0.5) is 4.39 Å². The van der Waals surface area contributed by atoms with E-state index in [1.165, 1.54) is 12.1 Å². The van der Waals surface area contributed by atoms with Crippen LogP contribution in [0.25, 0.3) is 0 Å².